The zero-order valence-corrected chi connectivity index (χ0v) is 38.3. The summed E-state index contributed by atoms with van der Waals surface area (Å²) in [6.07, 6.45) is 0. The number of aromatic nitrogens is 2. The minimum absolute atomic E-state index is 0.0727. The Kier molecular flexibility index (Phi) is 8.52. The van der Waals surface area contributed by atoms with Gasteiger partial charge < -0.3 is 9.13 Å². The van der Waals surface area contributed by atoms with E-state index in [0.717, 1.165) is 0 Å². The molecule has 2 nitrogen and oxygen atoms in total. The number of hydrogen-bond donors (Lipinski definition) is 0. The van der Waals surface area contributed by atoms with Gasteiger partial charge in [-0.15, -0.1) is 0 Å². The van der Waals surface area contributed by atoms with Gasteiger partial charge >= 0.3 is 0 Å². The predicted octanol–water partition coefficient (Wildman–Crippen LogP) is 17.5. The van der Waals surface area contributed by atoms with Gasteiger partial charge in [0.25, 0.3) is 0 Å². The van der Waals surface area contributed by atoms with Crippen molar-refractivity contribution >= 4 is 43.6 Å². The fourth-order valence-corrected chi connectivity index (χ4v) is 12.4. The first-order valence-electron chi connectivity index (χ1n) is 24.5. The number of benzene rings is 11. The van der Waals surface area contributed by atoms with Crippen LogP contribution in [0.1, 0.15) is 45.2 Å². The Morgan fingerprint density at radius 1 is 0.229 bits per heavy atom. The monoisotopic (exact) mass is 888 g/mol. The van der Waals surface area contributed by atoms with E-state index >= 15 is 0 Å². The number of para-hydroxylation sites is 4. The van der Waals surface area contributed by atoms with Crippen molar-refractivity contribution in [1.82, 2.24) is 9.13 Å². The molecule has 2 aliphatic carbocycles. The molecule has 2 heterocycles. The fraction of sp³-hybridized carbons (Fsp3) is 0.0294. The third kappa shape index (κ3) is 5.80. The molecule has 2 aromatic heterocycles. The minimum atomic E-state index is 0.0727. The summed E-state index contributed by atoms with van der Waals surface area (Å²) in [5.41, 5.74) is 25.4. The summed E-state index contributed by atoms with van der Waals surface area (Å²) >= 11 is 0. The van der Waals surface area contributed by atoms with E-state index in [2.05, 4.69) is 264 Å². The molecule has 0 bridgehead atoms. The van der Waals surface area contributed by atoms with E-state index in [-0.39, 0.29) is 11.8 Å². The van der Waals surface area contributed by atoms with Crippen molar-refractivity contribution in [2.45, 2.75) is 11.8 Å². The van der Waals surface area contributed by atoms with Gasteiger partial charge in [0.15, 0.2) is 0 Å². The highest BCUT2D eigenvalue weighted by molar-refractivity contribution is 6.10. The summed E-state index contributed by atoms with van der Waals surface area (Å²) in [5.74, 6) is 0.197. The van der Waals surface area contributed by atoms with Crippen LogP contribution in [-0.4, -0.2) is 9.13 Å². The van der Waals surface area contributed by atoms with Crippen LogP contribution < -0.4 is 0 Å². The molecule has 0 atom stereocenters. The van der Waals surface area contributed by atoms with E-state index in [1.165, 1.54) is 133 Å². The zero-order valence-electron chi connectivity index (χ0n) is 38.3. The highest BCUT2D eigenvalue weighted by Gasteiger charge is 2.34. The Labute approximate surface area is 406 Å². The van der Waals surface area contributed by atoms with Crippen LogP contribution in [0.4, 0.5) is 0 Å². The summed E-state index contributed by atoms with van der Waals surface area (Å²) in [5, 5.41) is 5.08. The topological polar surface area (TPSA) is 9.86 Å². The molecule has 0 radical (unpaired) electrons. The third-order valence-electron chi connectivity index (χ3n) is 15.5. The molecular formula is C68H44N2. The normalized spacial score (nSPS) is 13.0. The smallest absolute Gasteiger partial charge is 0.0541 e. The van der Waals surface area contributed by atoms with Crippen molar-refractivity contribution in [3.8, 4) is 55.9 Å². The molecule has 0 aliphatic heterocycles. The molecule has 326 valence electrons. The summed E-state index contributed by atoms with van der Waals surface area (Å²) in [6.45, 7) is 0. The first kappa shape index (κ1) is 39.1. The molecule has 0 amide bonds. The van der Waals surface area contributed by atoms with Gasteiger partial charge in [-0.1, -0.05) is 194 Å². The number of rotatable bonds is 6. The van der Waals surface area contributed by atoms with E-state index in [9.17, 15) is 0 Å². The van der Waals surface area contributed by atoms with Crippen molar-refractivity contribution < 1.29 is 0 Å². The summed E-state index contributed by atoms with van der Waals surface area (Å²) in [6, 6.07) is 95.1. The van der Waals surface area contributed by atoms with Crippen molar-refractivity contribution in [3.05, 3.63) is 288 Å². The SMILES string of the molecule is c1ccc(-c2ccc3c(c2)-c2cc(-c4ccccc4)ccc2C3c2ccc(C3c4ccc(-n5c6ccccc6c6ccccc65)cc4-c4cc(-n5c6ccccc6c6ccccc65)ccc43)cc2)cc1. The van der Waals surface area contributed by atoms with Crippen LogP contribution in [0, 0.1) is 0 Å². The van der Waals surface area contributed by atoms with Gasteiger partial charge in [-0.05, 0) is 139 Å². The maximum atomic E-state index is 2.46. The minimum Gasteiger partial charge on any atom is -0.309 e. The van der Waals surface area contributed by atoms with Crippen LogP contribution in [0.5, 0.6) is 0 Å². The lowest BCUT2D eigenvalue weighted by atomic mass is 9.85. The van der Waals surface area contributed by atoms with Crippen LogP contribution >= 0.6 is 0 Å². The Morgan fingerprint density at radius 2 is 0.529 bits per heavy atom. The molecule has 0 unspecified atom stereocenters. The van der Waals surface area contributed by atoms with Crippen molar-refractivity contribution in [1.29, 1.82) is 0 Å². The second-order valence-corrected chi connectivity index (χ2v) is 19.2. The van der Waals surface area contributed by atoms with E-state index in [1.807, 2.05) is 0 Å². The largest absolute Gasteiger partial charge is 0.309 e. The Bertz CT molecular complexity index is 3870. The van der Waals surface area contributed by atoms with Crippen LogP contribution in [0.25, 0.3) is 99.5 Å². The average molecular weight is 889 g/mol. The van der Waals surface area contributed by atoms with Crippen LogP contribution in [0.15, 0.2) is 255 Å². The molecule has 2 aliphatic rings. The van der Waals surface area contributed by atoms with Crippen molar-refractivity contribution in [2.24, 2.45) is 0 Å². The first-order valence-corrected chi connectivity index (χ1v) is 24.5. The van der Waals surface area contributed by atoms with E-state index in [0.29, 0.717) is 0 Å². The van der Waals surface area contributed by atoms with E-state index < -0.39 is 0 Å². The lowest BCUT2D eigenvalue weighted by Crippen LogP contribution is -2.03. The molecule has 0 saturated heterocycles. The summed E-state index contributed by atoms with van der Waals surface area (Å²) < 4.78 is 4.90. The van der Waals surface area contributed by atoms with Crippen LogP contribution in [0.3, 0.4) is 0 Å². The molecule has 0 spiro atoms. The Balaban J connectivity index is 0.886. The molecule has 15 rings (SSSR count). The zero-order chi connectivity index (χ0) is 45.9. The molecule has 0 fully saturated rings. The van der Waals surface area contributed by atoms with Crippen LogP contribution in [-0.2, 0) is 0 Å². The molecule has 13 aromatic rings. The highest BCUT2D eigenvalue weighted by Crippen LogP contribution is 2.53. The average Bonchev–Trinajstić information content (AvgIpc) is 4.16. The van der Waals surface area contributed by atoms with Gasteiger partial charge in [-0.25, -0.2) is 0 Å². The van der Waals surface area contributed by atoms with Crippen molar-refractivity contribution in [3.63, 3.8) is 0 Å². The number of nitrogens with zero attached hydrogens (tertiary/aromatic N) is 2. The number of fused-ring (bicyclic) bond motifs is 12. The second kappa shape index (κ2) is 15.3. The van der Waals surface area contributed by atoms with Gasteiger partial charge in [0.1, 0.15) is 0 Å². The fourth-order valence-electron chi connectivity index (χ4n) is 12.4. The molecule has 0 saturated carbocycles. The van der Waals surface area contributed by atoms with Gasteiger partial charge in [0, 0.05) is 44.8 Å². The third-order valence-corrected chi connectivity index (χ3v) is 15.5. The Hall–Kier alpha value is -8.98. The number of hydrogen-bond acceptors (Lipinski definition) is 0. The highest BCUT2D eigenvalue weighted by atomic mass is 15.0. The van der Waals surface area contributed by atoms with Gasteiger partial charge in [0.05, 0.1) is 22.1 Å². The molecule has 11 aromatic carbocycles. The summed E-state index contributed by atoms with van der Waals surface area (Å²) in [7, 11) is 0. The molecule has 0 N–H and O–H groups in total. The second-order valence-electron chi connectivity index (χ2n) is 19.2. The van der Waals surface area contributed by atoms with Crippen molar-refractivity contribution in [2.75, 3.05) is 0 Å². The maximum Gasteiger partial charge on any atom is 0.0541 e. The van der Waals surface area contributed by atoms with Gasteiger partial charge in [-0.3, -0.25) is 0 Å². The standard InChI is InChI=1S/C68H44N2/c1-3-15-43(16-4-1)47-31-35-55-59(39-47)60-40-48(44-17-5-2-6-18-44)32-36-56(60)67(55)45-27-29-46(30-28-45)68-57-37-33-49(69-63-23-11-7-19-51(63)52-20-8-12-24-64(52)69)41-61(57)62-42-50(34-38-58(62)68)70-65-25-13-9-21-53(65)54-22-10-14-26-66(54)70/h1-42,67-68H. The molecular weight excluding hydrogens is 845 g/mol. The van der Waals surface area contributed by atoms with Crippen LogP contribution in [0.2, 0.25) is 0 Å². The summed E-state index contributed by atoms with van der Waals surface area (Å²) in [4.78, 5) is 0. The molecule has 70 heavy (non-hydrogen) atoms. The Morgan fingerprint density at radius 3 is 0.886 bits per heavy atom. The lowest BCUT2D eigenvalue weighted by Gasteiger charge is -2.19. The first-order chi connectivity index (χ1) is 34.7. The van der Waals surface area contributed by atoms with Gasteiger partial charge in [-0.2, -0.15) is 0 Å². The van der Waals surface area contributed by atoms with E-state index in [4.69, 9.17) is 0 Å². The quantitative estimate of drug-likeness (QED) is 0.157. The van der Waals surface area contributed by atoms with E-state index in [1.54, 1.807) is 0 Å². The predicted molar refractivity (Wildman–Crippen MR) is 292 cm³/mol. The maximum absolute atomic E-state index is 2.46. The lowest BCUT2D eigenvalue weighted by molar-refractivity contribution is 0.984. The molecule has 2 heteroatoms. The van der Waals surface area contributed by atoms with Gasteiger partial charge in [0.2, 0.25) is 0 Å².